The van der Waals surface area contributed by atoms with Crippen molar-refractivity contribution in [2.45, 2.75) is 57.1 Å². The van der Waals surface area contributed by atoms with Gasteiger partial charge in [-0.05, 0) is 41.7 Å². The molecule has 1 saturated heterocycles. The van der Waals surface area contributed by atoms with Gasteiger partial charge in [-0.2, -0.15) is 5.10 Å². The van der Waals surface area contributed by atoms with Crippen LogP contribution in [0.4, 0.5) is 5.82 Å². The number of nitrogens with zero attached hydrogens (tertiary/aromatic N) is 3. The Hall–Kier alpha value is -4.08. The molecule has 43 heavy (non-hydrogen) atoms. The maximum absolute atomic E-state index is 6.94. The average molecular weight is 577 g/mol. The van der Waals surface area contributed by atoms with Crippen molar-refractivity contribution in [1.82, 2.24) is 14.6 Å². The average Bonchev–Trinajstić information content (AvgIpc) is 3.56. The summed E-state index contributed by atoms with van der Waals surface area (Å²) in [6.07, 6.45) is 1.21. The lowest BCUT2D eigenvalue weighted by Gasteiger charge is -2.35. The van der Waals surface area contributed by atoms with E-state index < -0.39 is 17.8 Å². The van der Waals surface area contributed by atoms with Crippen molar-refractivity contribution < 1.29 is 18.9 Å². The summed E-state index contributed by atoms with van der Waals surface area (Å²) >= 11 is 0. The molecule has 0 unspecified atom stereocenters. The van der Waals surface area contributed by atoms with E-state index >= 15 is 0 Å². The molecule has 8 nitrogen and oxygen atoms in total. The Balaban J connectivity index is 1.25. The van der Waals surface area contributed by atoms with Gasteiger partial charge in [-0.1, -0.05) is 91.0 Å². The standard InChI is InChI=1S/C35H36N4O4/c1-35(42-22-27-15-9-4-10-16-27)32(29-19-28-17-18-36-34-31(28)39(29)38-24-37-34)43-30(23-40-20-25-11-5-2-6-12-25)33(35)41-21-26-13-7-3-8-14-26/h2-16,19,24,30,32-33H,17-18,20-23H2,1H3,(H,36,37,38)/t30-,32+,33-,35+/m1/s1. The van der Waals surface area contributed by atoms with Gasteiger partial charge in [0, 0.05) is 6.54 Å². The summed E-state index contributed by atoms with van der Waals surface area (Å²) < 4.78 is 28.8. The molecule has 0 amide bonds. The molecule has 220 valence electrons. The van der Waals surface area contributed by atoms with Crippen molar-refractivity contribution in [2.75, 3.05) is 18.5 Å². The summed E-state index contributed by atoms with van der Waals surface area (Å²) in [5, 5.41) is 8.09. The molecule has 0 bridgehead atoms. The van der Waals surface area contributed by atoms with Gasteiger partial charge >= 0.3 is 0 Å². The maximum atomic E-state index is 6.94. The van der Waals surface area contributed by atoms with E-state index in [1.54, 1.807) is 6.33 Å². The zero-order valence-corrected chi connectivity index (χ0v) is 24.3. The second kappa shape index (κ2) is 12.3. The van der Waals surface area contributed by atoms with Crippen LogP contribution >= 0.6 is 0 Å². The quantitative estimate of drug-likeness (QED) is 0.209. The third-order valence-electron chi connectivity index (χ3n) is 8.41. The molecule has 0 aliphatic carbocycles. The Bertz CT molecular complexity index is 1650. The van der Waals surface area contributed by atoms with Gasteiger partial charge in [0.25, 0.3) is 0 Å². The number of nitrogens with one attached hydrogen (secondary N) is 1. The largest absolute Gasteiger partial charge is 0.374 e. The predicted octanol–water partition coefficient (Wildman–Crippen LogP) is 5.91. The smallest absolute Gasteiger partial charge is 0.154 e. The topological polar surface area (TPSA) is 79.1 Å². The molecule has 1 fully saturated rings. The summed E-state index contributed by atoms with van der Waals surface area (Å²) in [5.74, 6) is 0.840. The van der Waals surface area contributed by atoms with Crippen molar-refractivity contribution in [3.63, 3.8) is 0 Å². The summed E-state index contributed by atoms with van der Waals surface area (Å²) in [6, 6.07) is 32.8. The normalized spacial score (nSPS) is 23.0. The van der Waals surface area contributed by atoms with Gasteiger partial charge in [0.05, 0.1) is 32.1 Å². The Morgan fingerprint density at radius 1 is 0.884 bits per heavy atom. The first-order valence-corrected chi connectivity index (χ1v) is 14.9. The fraction of sp³-hybridized carbons (Fsp3) is 0.314. The second-order valence-electron chi connectivity index (χ2n) is 11.4. The zero-order chi connectivity index (χ0) is 29.1. The minimum absolute atomic E-state index is 0.354. The predicted molar refractivity (Wildman–Crippen MR) is 164 cm³/mol. The third kappa shape index (κ3) is 5.67. The van der Waals surface area contributed by atoms with Crippen LogP contribution in [0.3, 0.4) is 0 Å². The van der Waals surface area contributed by atoms with E-state index in [4.69, 9.17) is 18.9 Å². The van der Waals surface area contributed by atoms with Crippen LogP contribution in [-0.2, 0) is 45.2 Å². The third-order valence-corrected chi connectivity index (χ3v) is 8.41. The molecule has 2 aliphatic rings. The van der Waals surface area contributed by atoms with E-state index in [1.165, 1.54) is 5.56 Å². The highest BCUT2D eigenvalue weighted by Gasteiger charge is 2.57. The molecule has 5 aromatic rings. The maximum Gasteiger partial charge on any atom is 0.154 e. The molecule has 4 atom stereocenters. The van der Waals surface area contributed by atoms with Gasteiger partial charge in [0.1, 0.15) is 35.8 Å². The molecule has 3 aromatic carbocycles. The van der Waals surface area contributed by atoms with Gasteiger partial charge < -0.3 is 24.3 Å². The van der Waals surface area contributed by atoms with Crippen LogP contribution in [0, 0.1) is 0 Å². The molecule has 2 aromatic heterocycles. The minimum Gasteiger partial charge on any atom is -0.374 e. The number of hydrogen-bond acceptors (Lipinski definition) is 7. The van der Waals surface area contributed by atoms with E-state index in [0.29, 0.717) is 26.4 Å². The van der Waals surface area contributed by atoms with Crippen LogP contribution in [0.5, 0.6) is 0 Å². The summed E-state index contributed by atoms with van der Waals surface area (Å²) in [5.41, 5.74) is 5.53. The van der Waals surface area contributed by atoms with Crippen LogP contribution < -0.4 is 5.32 Å². The fourth-order valence-electron chi connectivity index (χ4n) is 6.23. The number of benzene rings is 3. The van der Waals surface area contributed by atoms with Crippen molar-refractivity contribution in [2.24, 2.45) is 0 Å². The van der Waals surface area contributed by atoms with Gasteiger partial charge in [-0.25, -0.2) is 9.50 Å². The van der Waals surface area contributed by atoms with Crippen molar-refractivity contribution in [3.8, 4) is 0 Å². The number of hydrogen-bond donors (Lipinski definition) is 1. The van der Waals surface area contributed by atoms with Crippen LogP contribution in [-0.4, -0.2) is 45.6 Å². The molecule has 8 heteroatoms. The SMILES string of the molecule is C[C@@]1(OCc2ccccc2)[C@H](OCc2ccccc2)[C@@H](COCc2ccccc2)O[C@H]1c1cc2c3c(ncnn13)NCC2. The van der Waals surface area contributed by atoms with E-state index in [0.717, 1.165) is 46.7 Å². The van der Waals surface area contributed by atoms with Gasteiger partial charge in [0.2, 0.25) is 0 Å². The summed E-state index contributed by atoms with van der Waals surface area (Å²) in [6.45, 7) is 4.61. The molecule has 0 radical (unpaired) electrons. The molecule has 0 saturated carbocycles. The van der Waals surface area contributed by atoms with Gasteiger partial charge in [-0.15, -0.1) is 0 Å². The van der Waals surface area contributed by atoms with Crippen molar-refractivity contribution in [1.29, 1.82) is 0 Å². The van der Waals surface area contributed by atoms with Crippen molar-refractivity contribution >= 4 is 11.3 Å². The zero-order valence-electron chi connectivity index (χ0n) is 24.3. The van der Waals surface area contributed by atoms with Crippen LogP contribution in [0.1, 0.15) is 41.0 Å². The Morgan fingerprint density at radius 3 is 2.23 bits per heavy atom. The van der Waals surface area contributed by atoms with E-state index in [2.05, 4.69) is 64.8 Å². The first-order valence-electron chi connectivity index (χ1n) is 14.9. The monoisotopic (exact) mass is 576 g/mol. The molecule has 2 aliphatic heterocycles. The lowest BCUT2D eigenvalue weighted by molar-refractivity contribution is -0.148. The highest BCUT2D eigenvalue weighted by Crippen LogP contribution is 2.47. The molecule has 7 rings (SSSR count). The molecule has 4 heterocycles. The summed E-state index contributed by atoms with van der Waals surface area (Å²) in [4.78, 5) is 4.49. The lowest BCUT2D eigenvalue weighted by Crippen LogP contribution is -2.47. The first-order chi connectivity index (χ1) is 21.2. The van der Waals surface area contributed by atoms with E-state index in [1.807, 2.05) is 59.1 Å². The van der Waals surface area contributed by atoms with Crippen LogP contribution in [0.2, 0.25) is 0 Å². The van der Waals surface area contributed by atoms with E-state index in [-0.39, 0.29) is 6.10 Å². The second-order valence-corrected chi connectivity index (χ2v) is 11.4. The van der Waals surface area contributed by atoms with E-state index in [9.17, 15) is 0 Å². The lowest BCUT2D eigenvalue weighted by atomic mass is 9.90. The summed E-state index contributed by atoms with van der Waals surface area (Å²) in [7, 11) is 0. The number of aromatic nitrogens is 3. The highest BCUT2D eigenvalue weighted by molar-refractivity contribution is 5.75. The number of ether oxygens (including phenoxy) is 4. The number of rotatable bonds is 11. The van der Waals surface area contributed by atoms with Gasteiger partial charge in [0.15, 0.2) is 5.82 Å². The Kier molecular flexibility index (Phi) is 7.91. The molecular weight excluding hydrogens is 540 g/mol. The number of anilines is 1. The molecule has 0 spiro atoms. The molecule has 1 N–H and O–H groups in total. The molecular formula is C35H36N4O4. The first kappa shape index (κ1) is 27.7. The van der Waals surface area contributed by atoms with Crippen LogP contribution in [0.15, 0.2) is 103 Å². The minimum atomic E-state index is -0.858. The highest BCUT2D eigenvalue weighted by atomic mass is 16.6. The Morgan fingerprint density at radius 2 is 1.53 bits per heavy atom. The van der Waals surface area contributed by atoms with Gasteiger partial charge in [-0.3, -0.25) is 0 Å². The van der Waals surface area contributed by atoms with Crippen LogP contribution in [0.25, 0.3) is 5.52 Å². The van der Waals surface area contributed by atoms with Crippen molar-refractivity contribution in [3.05, 3.63) is 131 Å². The Labute approximate surface area is 251 Å². The fourth-order valence-corrected chi connectivity index (χ4v) is 6.23.